The molecule has 4 rings (SSSR count). The van der Waals surface area contributed by atoms with Crippen LogP contribution in [-0.4, -0.2) is 48.0 Å². The van der Waals surface area contributed by atoms with Crippen molar-refractivity contribution in [2.24, 2.45) is 0 Å². The van der Waals surface area contributed by atoms with Crippen LogP contribution in [0.1, 0.15) is 57.4 Å². The number of carbonyl (C=O) groups is 1. The molecular weight excluding hydrogens is 414 g/mol. The van der Waals surface area contributed by atoms with Crippen molar-refractivity contribution in [2.45, 2.75) is 62.3 Å². The number of hydrogen-bond acceptors (Lipinski definition) is 5. The summed E-state index contributed by atoms with van der Waals surface area (Å²) in [6, 6.07) is 8.86. The molecule has 2 aliphatic rings. The van der Waals surface area contributed by atoms with Crippen LogP contribution in [0.4, 0.5) is 11.5 Å². The highest BCUT2D eigenvalue weighted by molar-refractivity contribution is 7.89. The van der Waals surface area contributed by atoms with Crippen LogP contribution >= 0.6 is 0 Å². The van der Waals surface area contributed by atoms with Gasteiger partial charge in [0, 0.05) is 24.8 Å². The minimum absolute atomic E-state index is 0.0447. The summed E-state index contributed by atoms with van der Waals surface area (Å²) in [4.78, 5) is 12.7. The molecule has 1 aromatic heterocycles. The summed E-state index contributed by atoms with van der Waals surface area (Å²) in [5, 5.41) is 10.3. The maximum absolute atomic E-state index is 13.0. The van der Waals surface area contributed by atoms with Crippen LogP contribution in [0, 0.1) is 0 Å². The van der Waals surface area contributed by atoms with Crippen LogP contribution < -0.4 is 10.6 Å². The van der Waals surface area contributed by atoms with E-state index in [-0.39, 0.29) is 17.3 Å². The minimum atomic E-state index is -3.52. The first-order valence-electron chi connectivity index (χ1n) is 11.2. The molecule has 0 spiro atoms. The highest BCUT2D eigenvalue weighted by atomic mass is 32.2. The van der Waals surface area contributed by atoms with Gasteiger partial charge in [-0.3, -0.25) is 4.79 Å². The maximum Gasteiger partial charge on any atom is 0.244 e. The van der Waals surface area contributed by atoms with Crippen LogP contribution in [0.25, 0.3) is 0 Å². The van der Waals surface area contributed by atoms with Crippen molar-refractivity contribution in [1.29, 1.82) is 0 Å². The Balaban J connectivity index is 1.37. The van der Waals surface area contributed by atoms with Gasteiger partial charge >= 0.3 is 0 Å². The molecule has 2 fully saturated rings. The quantitative estimate of drug-likeness (QED) is 0.679. The number of sulfonamides is 1. The summed E-state index contributed by atoms with van der Waals surface area (Å²) < 4.78 is 29.5. The number of carbonyl (C=O) groups excluding carboxylic acids is 1. The summed E-state index contributed by atoms with van der Waals surface area (Å²) >= 11 is 0. The Kier molecular flexibility index (Phi) is 6.92. The fourth-order valence-electron chi connectivity index (χ4n) is 4.42. The molecule has 1 aromatic carbocycles. The SMILES string of the molecule is O=C(CNc1cccc(S(=O)(=O)N2CCCCCC2)c1)Nc1ccnn1C1CCCC1. The molecule has 2 aromatic rings. The highest BCUT2D eigenvalue weighted by Crippen LogP contribution is 2.31. The molecule has 0 bridgehead atoms. The van der Waals surface area contributed by atoms with Gasteiger partial charge in [0.2, 0.25) is 15.9 Å². The van der Waals surface area contributed by atoms with Crippen LogP contribution in [0.5, 0.6) is 0 Å². The number of aromatic nitrogens is 2. The van der Waals surface area contributed by atoms with E-state index in [9.17, 15) is 13.2 Å². The molecule has 2 heterocycles. The summed E-state index contributed by atoms with van der Waals surface area (Å²) in [6.45, 7) is 1.18. The Labute approximate surface area is 184 Å². The Morgan fingerprint density at radius 1 is 1.03 bits per heavy atom. The van der Waals surface area contributed by atoms with Gasteiger partial charge in [-0.2, -0.15) is 9.40 Å². The van der Waals surface area contributed by atoms with E-state index < -0.39 is 10.0 Å². The predicted octanol–water partition coefficient (Wildman–Crippen LogP) is 3.61. The second-order valence-corrected chi connectivity index (χ2v) is 10.3. The number of amides is 1. The summed E-state index contributed by atoms with van der Waals surface area (Å²) in [5.41, 5.74) is 0.607. The molecule has 0 unspecified atom stereocenters. The second kappa shape index (κ2) is 9.82. The second-order valence-electron chi connectivity index (χ2n) is 8.35. The van der Waals surface area contributed by atoms with E-state index in [2.05, 4.69) is 15.7 Å². The van der Waals surface area contributed by atoms with Crippen LogP contribution in [0.2, 0.25) is 0 Å². The number of benzene rings is 1. The zero-order valence-corrected chi connectivity index (χ0v) is 18.6. The predicted molar refractivity (Wildman–Crippen MR) is 121 cm³/mol. The normalized spacial score (nSPS) is 18.6. The van der Waals surface area contributed by atoms with Crippen molar-refractivity contribution in [1.82, 2.24) is 14.1 Å². The third-order valence-electron chi connectivity index (χ3n) is 6.10. The summed E-state index contributed by atoms with van der Waals surface area (Å²) in [5.74, 6) is 0.511. The van der Waals surface area contributed by atoms with Gasteiger partial charge in [-0.25, -0.2) is 13.1 Å². The maximum atomic E-state index is 13.0. The first-order valence-corrected chi connectivity index (χ1v) is 12.7. The lowest BCUT2D eigenvalue weighted by molar-refractivity contribution is -0.114. The minimum Gasteiger partial charge on any atom is -0.376 e. The molecule has 0 atom stereocenters. The molecule has 2 N–H and O–H groups in total. The van der Waals surface area contributed by atoms with E-state index in [1.165, 1.54) is 12.8 Å². The summed E-state index contributed by atoms with van der Waals surface area (Å²) in [7, 11) is -3.52. The van der Waals surface area contributed by atoms with E-state index in [0.717, 1.165) is 38.5 Å². The smallest absolute Gasteiger partial charge is 0.244 e. The van der Waals surface area contributed by atoms with E-state index in [0.29, 0.717) is 30.6 Å². The average molecular weight is 446 g/mol. The summed E-state index contributed by atoms with van der Waals surface area (Å²) in [6.07, 6.45) is 10.2. The fraction of sp³-hybridized carbons (Fsp3) is 0.545. The number of hydrogen-bond donors (Lipinski definition) is 2. The molecule has 1 saturated heterocycles. The Morgan fingerprint density at radius 2 is 1.77 bits per heavy atom. The topological polar surface area (TPSA) is 96.3 Å². The van der Waals surface area contributed by atoms with Crippen molar-refractivity contribution < 1.29 is 13.2 Å². The van der Waals surface area contributed by atoms with Gasteiger partial charge < -0.3 is 10.6 Å². The van der Waals surface area contributed by atoms with Crippen molar-refractivity contribution in [3.63, 3.8) is 0 Å². The largest absolute Gasteiger partial charge is 0.376 e. The van der Waals surface area contributed by atoms with Gasteiger partial charge in [-0.15, -0.1) is 0 Å². The molecule has 31 heavy (non-hydrogen) atoms. The molecule has 9 heteroatoms. The highest BCUT2D eigenvalue weighted by Gasteiger charge is 2.25. The Bertz CT molecular complexity index is 990. The van der Waals surface area contributed by atoms with E-state index >= 15 is 0 Å². The number of nitrogens with zero attached hydrogens (tertiary/aromatic N) is 3. The van der Waals surface area contributed by atoms with Crippen molar-refractivity contribution in [3.05, 3.63) is 36.5 Å². The van der Waals surface area contributed by atoms with Crippen LogP contribution in [-0.2, 0) is 14.8 Å². The lowest BCUT2D eigenvalue weighted by atomic mass is 10.2. The lowest BCUT2D eigenvalue weighted by Gasteiger charge is -2.20. The van der Waals surface area contributed by atoms with Gasteiger partial charge in [0.25, 0.3) is 0 Å². The molecular formula is C22H31N5O3S. The molecule has 1 aliphatic carbocycles. The number of rotatable bonds is 7. The molecule has 168 valence electrons. The average Bonchev–Trinajstić information content (AvgIpc) is 3.38. The van der Waals surface area contributed by atoms with Gasteiger partial charge in [0.1, 0.15) is 5.82 Å². The van der Waals surface area contributed by atoms with Crippen LogP contribution in [0.15, 0.2) is 41.4 Å². The van der Waals surface area contributed by atoms with Gasteiger partial charge in [-0.05, 0) is 43.9 Å². The van der Waals surface area contributed by atoms with Crippen molar-refractivity contribution in [2.75, 3.05) is 30.3 Å². The zero-order chi connectivity index (χ0) is 21.7. The van der Waals surface area contributed by atoms with Gasteiger partial charge in [0.05, 0.1) is 23.7 Å². The van der Waals surface area contributed by atoms with Gasteiger partial charge in [0.15, 0.2) is 0 Å². The van der Waals surface area contributed by atoms with E-state index in [1.807, 2.05) is 10.7 Å². The fourth-order valence-corrected chi connectivity index (χ4v) is 5.98. The lowest BCUT2D eigenvalue weighted by Crippen LogP contribution is -2.32. The molecule has 8 nitrogen and oxygen atoms in total. The number of nitrogens with one attached hydrogen (secondary N) is 2. The number of anilines is 2. The van der Waals surface area contributed by atoms with Crippen molar-refractivity contribution >= 4 is 27.4 Å². The zero-order valence-electron chi connectivity index (χ0n) is 17.8. The monoisotopic (exact) mass is 445 g/mol. The molecule has 1 saturated carbocycles. The van der Waals surface area contributed by atoms with E-state index in [1.54, 1.807) is 34.8 Å². The first-order chi connectivity index (χ1) is 15.0. The Hall–Kier alpha value is -2.39. The van der Waals surface area contributed by atoms with Crippen molar-refractivity contribution in [3.8, 4) is 0 Å². The van der Waals surface area contributed by atoms with Crippen LogP contribution in [0.3, 0.4) is 0 Å². The Morgan fingerprint density at radius 3 is 2.52 bits per heavy atom. The first kappa shape index (κ1) is 21.8. The molecule has 1 amide bonds. The standard InChI is InChI=1S/C22H31N5O3S/c28-22(25-21-12-13-24-27(21)19-9-3-4-10-19)17-23-18-8-7-11-20(16-18)31(29,30)26-14-5-1-2-6-15-26/h7-8,11-13,16,19,23H,1-6,9-10,14-15,17H2,(H,25,28). The third kappa shape index (κ3) is 5.27. The van der Waals surface area contributed by atoms with Gasteiger partial charge in [-0.1, -0.05) is 31.7 Å². The van der Waals surface area contributed by atoms with E-state index in [4.69, 9.17) is 0 Å². The third-order valence-corrected chi connectivity index (χ3v) is 7.99. The molecule has 1 aliphatic heterocycles. The molecule has 0 radical (unpaired) electrons.